The molecule has 0 spiro atoms. The summed E-state index contributed by atoms with van der Waals surface area (Å²) in [5, 5.41) is 20.9. The summed E-state index contributed by atoms with van der Waals surface area (Å²) >= 11 is 0. The van der Waals surface area contributed by atoms with E-state index in [-0.39, 0.29) is 23.6 Å². The highest BCUT2D eigenvalue weighted by molar-refractivity contribution is 5.86. The molecule has 0 aliphatic rings. The lowest BCUT2D eigenvalue weighted by molar-refractivity contribution is -0.146. The number of hydrogen-bond acceptors (Lipinski definition) is 6. The maximum Gasteiger partial charge on any atom is 0.311 e. The molecular formula is C23H19N3O4. The van der Waals surface area contributed by atoms with Crippen LogP contribution in [0.25, 0.3) is 27.6 Å². The Bertz CT molecular complexity index is 1290. The number of benzene rings is 2. The van der Waals surface area contributed by atoms with Crippen LogP contribution in [0.2, 0.25) is 0 Å². The molecule has 0 unspecified atom stereocenters. The Morgan fingerprint density at radius 3 is 2.90 bits per heavy atom. The fourth-order valence-electron chi connectivity index (χ4n) is 3.28. The molecule has 150 valence electrons. The van der Waals surface area contributed by atoms with Crippen molar-refractivity contribution in [2.75, 3.05) is 0 Å². The number of hydrogen-bond donors (Lipinski definition) is 2. The molecule has 4 aromatic rings. The third-order valence-corrected chi connectivity index (χ3v) is 4.83. The molecule has 0 radical (unpaired) electrons. The van der Waals surface area contributed by atoms with Gasteiger partial charge < -0.3 is 19.2 Å². The van der Waals surface area contributed by atoms with Crippen LogP contribution in [0, 0.1) is 18.3 Å². The van der Waals surface area contributed by atoms with Gasteiger partial charge in [0.2, 0.25) is 0 Å². The minimum absolute atomic E-state index is 0.0137. The normalized spacial score (nSPS) is 13.1. The first kappa shape index (κ1) is 19.3. The zero-order valence-corrected chi connectivity index (χ0v) is 16.5. The van der Waals surface area contributed by atoms with Crippen LogP contribution in [-0.4, -0.2) is 27.1 Å². The topological polar surface area (TPSA) is 112 Å². The van der Waals surface area contributed by atoms with E-state index in [0.29, 0.717) is 16.7 Å². The number of imidazole rings is 1. The van der Waals surface area contributed by atoms with E-state index < -0.39 is 12.1 Å². The molecule has 0 saturated heterocycles. The van der Waals surface area contributed by atoms with E-state index in [1.54, 1.807) is 6.07 Å². The number of furan rings is 1. The molecule has 2 aromatic carbocycles. The van der Waals surface area contributed by atoms with Crippen molar-refractivity contribution in [3.63, 3.8) is 0 Å². The maximum absolute atomic E-state index is 12.4. The number of nitriles is 1. The van der Waals surface area contributed by atoms with Crippen LogP contribution in [0.4, 0.5) is 0 Å². The molecule has 7 heteroatoms. The summed E-state index contributed by atoms with van der Waals surface area (Å²) in [7, 11) is 0. The number of aliphatic hydroxyl groups is 1. The summed E-state index contributed by atoms with van der Waals surface area (Å²) in [5.74, 6) is -0.688. The monoisotopic (exact) mass is 401 g/mol. The smallest absolute Gasteiger partial charge is 0.311 e. The van der Waals surface area contributed by atoms with Crippen molar-refractivity contribution in [1.29, 1.82) is 5.26 Å². The summed E-state index contributed by atoms with van der Waals surface area (Å²) in [6, 6.07) is 14.9. The van der Waals surface area contributed by atoms with Gasteiger partial charge in [0.1, 0.15) is 17.2 Å². The number of carbonyl (C=O) groups is 1. The number of aliphatic hydroxyl groups excluding tert-OH is 1. The van der Waals surface area contributed by atoms with Crippen LogP contribution in [0.15, 0.2) is 58.9 Å². The Morgan fingerprint density at radius 1 is 1.33 bits per heavy atom. The Hall–Kier alpha value is -4.05. The lowest BCUT2D eigenvalue weighted by atomic mass is 10.1. The lowest BCUT2D eigenvalue weighted by Crippen LogP contribution is -2.19. The van der Waals surface area contributed by atoms with Crippen LogP contribution >= 0.6 is 0 Å². The van der Waals surface area contributed by atoms with Crippen LogP contribution in [0.5, 0.6) is 0 Å². The molecule has 30 heavy (non-hydrogen) atoms. The van der Waals surface area contributed by atoms with Crippen molar-refractivity contribution in [1.82, 2.24) is 9.97 Å². The lowest BCUT2D eigenvalue weighted by Gasteiger charge is -2.13. The van der Waals surface area contributed by atoms with Crippen LogP contribution in [0.3, 0.4) is 0 Å². The molecule has 0 fully saturated rings. The first-order valence-electron chi connectivity index (χ1n) is 9.41. The zero-order chi connectivity index (χ0) is 21.3. The number of fused-ring (bicyclic) bond motifs is 2. The number of aryl methyl sites for hydroxylation is 1. The number of H-pyrrole nitrogens is 1. The highest BCUT2D eigenvalue weighted by Crippen LogP contribution is 2.24. The van der Waals surface area contributed by atoms with Crippen molar-refractivity contribution >= 4 is 33.5 Å². The summed E-state index contributed by atoms with van der Waals surface area (Å²) < 4.78 is 10.9. The molecule has 0 aliphatic carbocycles. The molecule has 0 amide bonds. The fourth-order valence-corrected chi connectivity index (χ4v) is 3.28. The van der Waals surface area contributed by atoms with E-state index in [0.717, 1.165) is 16.5 Å². The predicted octanol–water partition coefficient (Wildman–Crippen LogP) is 4.58. The number of aromatic nitrogens is 2. The highest BCUT2D eigenvalue weighted by Gasteiger charge is 2.22. The third kappa shape index (κ3) is 3.63. The van der Waals surface area contributed by atoms with Crippen molar-refractivity contribution in [2.45, 2.75) is 26.4 Å². The second-order valence-corrected chi connectivity index (χ2v) is 7.04. The van der Waals surface area contributed by atoms with E-state index in [4.69, 9.17) is 9.15 Å². The Balaban J connectivity index is 1.53. The van der Waals surface area contributed by atoms with E-state index in [1.807, 2.05) is 49.4 Å². The molecule has 2 N–H and O–H groups in total. The number of esters is 1. The van der Waals surface area contributed by atoms with Crippen molar-refractivity contribution < 1.29 is 19.1 Å². The third-order valence-electron chi connectivity index (χ3n) is 4.83. The van der Waals surface area contributed by atoms with Crippen LogP contribution in [-0.2, 0) is 16.0 Å². The number of ether oxygens (including phenoxy) is 1. The maximum atomic E-state index is 12.4. The van der Waals surface area contributed by atoms with E-state index in [1.165, 1.54) is 13.2 Å². The predicted molar refractivity (Wildman–Crippen MR) is 111 cm³/mol. The quantitative estimate of drug-likeness (QED) is 0.287. The van der Waals surface area contributed by atoms with Gasteiger partial charge in [-0.2, -0.15) is 5.26 Å². The van der Waals surface area contributed by atoms with Crippen LogP contribution < -0.4 is 0 Å². The van der Waals surface area contributed by atoms with Gasteiger partial charge in [-0.15, -0.1) is 0 Å². The van der Waals surface area contributed by atoms with E-state index in [9.17, 15) is 15.2 Å². The summed E-state index contributed by atoms with van der Waals surface area (Å²) in [4.78, 5) is 19.7. The summed E-state index contributed by atoms with van der Waals surface area (Å²) in [6.45, 7) is 3.46. The molecule has 0 saturated carbocycles. The first-order chi connectivity index (χ1) is 14.5. The molecule has 2 aromatic heterocycles. The van der Waals surface area contributed by atoms with Gasteiger partial charge in [0.25, 0.3) is 0 Å². The van der Waals surface area contributed by atoms with Gasteiger partial charge in [0.15, 0.2) is 17.7 Å². The number of carbonyl (C=O) groups excluding carboxylic acids is 1. The number of para-hydroxylation sites is 2. The Labute approximate surface area is 172 Å². The van der Waals surface area contributed by atoms with Crippen molar-refractivity contribution in [3.05, 3.63) is 71.4 Å². The fraction of sp³-hybridized carbons (Fsp3) is 0.174. The number of nitrogens with zero attached hydrogens (tertiary/aromatic N) is 2. The van der Waals surface area contributed by atoms with Crippen molar-refractivity contribution in [3.8, 4) is 6.07 Å². The summed E-state index contributed by atoms with van der Waals surface area (Å²) in [5.41, 5.74) is 3.79. The average Bonchev–Trinajstić information content (AvgIpc) is 3.32. The summed E-state index contributed by atoms with van der Waals surface area (Å²) in [6.07, 6.45) is 0.502. The van der Waals surface area contributed by atoms with Gasteiger partial charge in [-0.3, -0.25) is 4.79 Å². The highest BCUT2D eigenvalue weighted by atomic mass is 16.6. The molecule has 2 heterocycles. The van der Waals surface area contributed by atoms with Gasteiger partial charge in [-0.25, -0.2) is 4.98 Å². The van der Waals surface area contributed by atoms with Crippen LogP contribution in [0.1, 0.15) is 23.9 Å². The standard InChI is InChI=1S/C23H19N3O4/c1-13-7-8-16-15(12-29-20(16)9-13)10-21(27)30-14(2)22(28)17(11-24)23-25-18-5-3-4-6-19(18)26-23/h3-9,12,14,28H,10H2,1-2H3,(H,25,26)/b22-17-/t14-/m0/s1. The zero-order valence-electron chi connectivity index (χ0n) is 16.5. The van der Waals surface area contributed by atoms with Gasteiger partial charge >= 0.3 is 5.97 Å². The SMILES string of the molecule is Cc1ccc2c(CC(=O)O[C@@H](C)/C(O)=C(\C#N)c3nc4ccccc4[nH]3)coc2c1. The van der Waals surface area contributed by atoms with E-state index in [2.05, 4.69) is 9.97 Å². The largest absolute Gasteiger partial charge is 0.507 e. The van der Waals surface area contributed by atoms with Gasteiger partial charge in [-0.1, -0.05) is 24.3 Å². The molecule has 1 atom stereocenters. The van der Waals surface area contributed by atoms with Gasteiger partial charge in [0.05, 0.1) is 23.7 Å². The second kappa shape index (κ2) is 7.76. The van der Waals surface area contributed by atoms with Gasteiger partial charge in [0, 0.05) is 10.9 Å². The Morgan fingerprint density at radius 2 is 2.13 bits per heavy atom. The molecule has 7 nitrogen and oxygen atoms in total. The molecule has 0 bridgehead atoms. The molecule has 0 aliphatic heterocycles. The van der Waals surface area contributed by atoms with Crippen molar-refractivity contribution in [2.24, 2.45) is 0 Å². The number of nitrogens with one attached hydrogen (secondary N) is 1. The number of allylic oxidation sites excluding steroid dienone is 1. The average molecular weight is 401 g/mol. The number of rotatable bonds is 5. The van der Waals surface area contributed by atoms with Gasteiger partial charge in [-0.05, 0) is 37.6 Å². The first-order valence-corrected chi connectivity index (χ1v) is 9.41. The molecule has 4 rings (SSSR count). The second-order valence-electron chi connectivity index (χ2n) is 7.04. The number of aromatic amines is 1. The molecular weight excluding hydrogens is 382 g/mol. The van der Waals surface area contributed by atoms with E-state index >= 15 is 0 Å². The minimum Gasteiger partial charge on any atom is -0.507 e. The minimum atomic E-state index is -1.01. The Kier molecular flexibility index (Phi) is 4.98.